The molecule has 0 aliphatic rings. The standard InChI is InChI=1S/C8H15N5O2/c1-4-6(9)8(13(2)12-4)11-3-5(14)7(10)15/h5,11,14H,3,9H2,1-2H3,(H2,10,15). The number of nitrogen functional groups attached to an aromatic ring is 1. The molecule has 0 fully saturated rings. The number of nitrogens with zero attached hydrogens (tertiary/aromatic N) is 2. The smallest absolute Gasteiger partial charge is 0.248 e. The molecular formula is C8H15N5O2. The van der Waals surface area contributed by atoms with Crippen molar-refractivity contribution < 1.29 is 9.90 Å². The molecule has 1 aromatic heterocycles. The van der Waals surface area contributed by atoms with E-state index in [0.717, 1.165) is 0 Å². The first-order valence-electron chi connectivity index (χ1n) is 4.43. The zero-order chi connectivity index (χ0) is 11.6. The predicted molar refractivity (Wildman–Crippen MR) is 56.0 cm³/mol. The first-order chi connectivity index (χ1) is 6.93. The highest BCUT2D eigenvalue weighted by atomic mass is 16.3. The summed E-state index contributed by atoms with van der Waals surface area (Å²) in [6, 6.07) is 0. The summed E-state index contributed by atoms with van der Waals surface area (Å²) in [4.78, 5) is 10.6. The largest absolute Gasteiger partial charge is 0.394 e. The van der Waals surface area contributed by atoms with Crippen molar-refractivity contribution in [2.24, 2.45) is 12.8 Å². The Morgan fingerprint density at radius 3 is 2.73 bits per heavy atom. The molecule has 7 nitrogen and oxygen atoms in total. The van der Waals surface area contributed by atoms with Crippen molar-refractivity contribution in [3.8, 4) is 0 Å². The molecule has 15 heavy (non-hydrogen) atoms. The van der Waals surface area contributed by atoms with Gasteiger partial charge in [0.15, 0.2) is 0 Å². The van der Waals surface area contributed by atoms with Gasteiger partial charge in [0.25, 0.3) is 0 Å². The van der Waals surface area contributed by atoms with E-state index in [2.05, 4.69) is 10.4 Å². The lowest BCUT2D eigenvalue weighted by atomic mass is 10.3. The van der Waals surface area contributed by atoms with Gasteiger partial charge >= 0.3 is 0 Å². The molecule has 0 aliphatic carbocycles. The second kappa shape index (κ2) is 4.18. The highest BCUT2D eigenvalue weighted by Gasteiger charge is 2.14. The van der Waals surface area contributed by atoms with Gasteiger partial charge in [-0.2, -0.15) is 5.10 Å². The molecule has 6 N–H and O–H groups in total. The first kappa shape index (κ1) is 11.3. The van der Waals surface area contributed by atoms with Gasteiger partial charge in [-0.3, -0.25) is 9.48 Å². The van der Waals surface area contributed by atoms with Gasteiger partial charge in [-0.25, -0.2) is 0 Å². The molecule has 0 aromatic carbocycles. The lowest BCUT2D eigenvalue weighted by Crippen LogP contribution is -2.34. The van der Waals surface area contributed by atoms with E-state index in [1.165, 1.54) is 0 Å². The molecule has 1 aromatic rings. The van der Waals surface area contributed by atoms with E-state index in [-0.39, 0.29) is 6.54 Å². The summed E-state index contributed by atoms with van der Waals surface area (Å²) in [6.07, 6.45) is -1.24. The molecule has 7 heteroatoms. The SMILES string of the molecule is Cc1nn(C)c(NCC(O)C(N)=O)c1N. The van der Waals surface area contributed by atoms with Crippen LogP contribution in [0.15, 0.2) is 0 Å². The minimum atomic E-state index is -1.24. The Kier molecular flexibility index (Phi) is 3.15. The van der Waals surface area contributed by atoms with Crippen LogP contribution in [0.5, 0.6) is 0 Å². The topological polar surface area (TPSA) is 119 Å². The van der Waals surface area contributed by atoms with Crippen LogP contribution in [0.1, 0.15) is 5.69 Å². The average Bonchev–Trinajstić information content (AvgIpc) is 2.38. The Hall–Kier alpha value is -1.76. The number of amides is 1. The molecular weight excluding hydrogens is 198 g/mol. The van der Waals surface area contributed by atoms with E-state index < -0.39 is 12.0 Å². The number of aliphatic hydroxyl groups is 1. The Morgan fingerprint density at radius 2 is 2.33 bits per heavy atom. The van der Waals surface area contributed by atoms with Crippen LogP contribution in [-0.2, 0) is 11.8 Å². The summed E-state index contributed by atoms with van der Waals surface area (Å²) in [5, 5.41) is 16.0. The van der Waals surface area contributed by atoms with Gasteiger partial charge in [0, 0.05) is 7.05 Å². The van der Waals surface area contributed by atoms with Crippen molar-refractivity contribution in [3.05, 3.63) is 5.69 Å². The van der Waals surface area contributed by atoms with E-state index in [0.29, 0.717) is 17.2 Å². The van der Waals surface area contributed by atoms with E-state index in [1.807, 2.05) is 0 Å². The highest BCUT2D eigenvalue weighted by molar-refractivity contribution is 5.79. The maximum atomic E-state index is 10.6. The fraction of sp³-hybridized carbons (Fsp3) is 0.500. The third kappa shape index (κ3) is 2.38. The number of hydrogen-bond donors (Lipinski definition) is 4. The molecule has 0 spiro atoms. The zero-order valence-corrected chi connectivity index (χ0v) is 8.69. The number of hydrogen-bond acceptors (Lipinski definition) is 5. The van der Waals surface area contributed by atoms with Gasteiger partial charge in [0.05, 0.1) is 17.9 Å². The van der Waals surface area contributed by atoms with Gasteiger partial charge < -0.3 is 21.9 Å². The lowest BCUT2D eigenvalue weighted by molar-refractivity contribution is -0.125. The van der Waals surface area contributed by atoms with Crippen LogP contribution in [0.25, 0.3) is 0 Å². The number of rotatable bonds is 4. The van der Waals surface area contributed by atoms with Gasteiger partial charge in [0.1, 0.15) is 11.9 Å². The van der Waals surface area contributed by atoms with Crippen molar-refractivity contribution in [2.45, 2.75) is 13.0 Å². The van der Waals surface area contributed by atoms with Crippen molar-refractivity contribution in [1.82, 2.24) is 9.78 Å². The average molecular weight is 213 g/mol. The number of carbonyl (C=O) groups is 1. The van der Waals surface area contributed by atoms with Crippen LogP contribution >= 0.6 is 0 Å². The van der Waals surface area contributed by atoms with Gasteiger partial charge in [0.2, 0.25) is 5.91 Å². The molecule has 0 saturated heterocycles. The van der Waals surface area contributed by atoms with E-state index in [9.17, 15) is 4.79 Å². The number of anilines is 2. The molecule has 1 atom stereocenters. The molecule has 0 radical (unpaired) electrons. The number of nitrogens with one attached hydrogen (secondary N) is 1. The molecule has 1 heterocycles. The minimum Gasteiger partial charge on any atom is -0.394 e. The highest BCUT2D eigenvalue weighted by Crippen LogP contribution is 2.20. The third-order valence-corrected chi connectivity index (χ3v) is 2.06. The van der Waals surface area contributed by atoms with Gasteiger partial charge in [-0.15, -0.1) is 0 Å². The Balaban J connectivity index is 2.69. The maximum absolute atomic E-state index is 10.6. The van der Waals surface area contributed by atoms with Gasteiger partial charge in [-0.1, -0.05) is 0 Å². The number of aryl methyl sites for hydroxylation is 2. The Bertz CT molecular complexity index is 373. The summed E-state index contributed by atoms with van der Waals surface area (Å²) >= 11 is 0. The van der Waals surface area contributed by atoms with Crippen LogP contribution in [0, 0.1) is 6.92 Å². The summed E-state index contributed by atoms with van der Waals surface area (Å²) in [5.41, 5.74) is 11.8. The minimum absolute atomic E-state index is 0.0124. The van der Waals surface area contributed by atoms with Crippen molar-refractivity contribution >= 4 is 17.4 Å². The van der Waals surface area contributed by atoms with Crippen LogP contribution in [-0.4, -0.2) is 33.4 Å². The Labute approximate surface area is 87.0 Å². The molecule has 0 saturated carbocycles. The van der Waals surface area contributed by atoms with Crippen LogP contribution in [0.2, 0.25) is 0 Å². The van der Waals surface area contributed by atoms with Crippen molar-refractivity contribution in [1.29, 1.82) is 0 Å². The van der Waals surface area contributed by atoms with E-state index in [1.54, 1.807) is 18.7 Å². The second-order valence-corrected chi connectivity index (χ2v) is 3.27. The molecule has 0 aliphatic heterocycles. The molecule has 84 valence electrons. The first-order valence-corrected chi connectivity index (χ1v) is 4.43. The van der Waals surface area contributed by atoms with E-state index >= 15 is 0 Å². The summed E-state index contributed by atoms with van der Waals surface area (Å²) in [6.45, 7) is 1.78. The molecule has 1 rings (SSSR count). The van der Waals surface area contributed by atoms with Crippen molar-refractivity contribution in [2.75, 3.05) is 17.6 Å². The quantitative estimate of drug-likeness (QED) is 0.489. The van der Waals surface area contributed by atoms with Crippen LogP contribution < -0.4 is 16.8 Å². The zero-order valence-electron chi connectivity index (χ0n) is 8.69. The number of primary amides is 1. The maximum Gasteiger partial charge on any atom is 0.248 e. The lowest BCUT2D eigenvalue weighted by Gasteiger charge is -2.10. The third-order valence-electron chi connectivity index (χ3n) is 2.06. The monoisotopic (exact) mass is 213 g/mol. The number of nitrogens with two attached hydrogens (primary N) is 2. The number of aliphatic hydroxyl groups excluding tert-OH is 1. The molecule has 1 unspecified atom stereocenters. The van der Waals surface area contributed by atoms with E-state index in [4.69, 9.17) is 16.6 Å². The van der Waals surface area contributed by atoms with Crippen LogP contribution in [0.3, 0.4) is 0 Å². The predicted octanol–water partition coefficient (Wildman–Crippen LogP) is -1.43. The molecule has 0 bridgehead atoms. The van der Waals surface area contributed by atoms with Crippen LogP contribution in [0.4, 0.5) is 11.5 Å². The summed E-state index contributed by atoms with van der Waals surface area (Å²) < 4.78 is 1.54. The fourth-order valence-corrected chi connectivity index (χ4v) is 1.18. The number of aromatic nitrogens is 2. The fourth-order valence-electron chi connectivity index (χ4n) is 1.18. The molecule has 1 amide bonds. The number of carbonyl (C=O) groups excluding carboxylic acids is 1. The second-order valence-electron chi connectivity index (χ2n) is 3.27. The van der Waals surface area contributed by atoms with Gasteiger partial charge in [-0.05, 0) is 6.92 Å². The normalized spacial score (nSPS) is 12.5. The summed E-state index contributed by atoms with van der Waals surface area (Å²) in [7, 11) is 1.71. The van der Waals surface area contributed by atoms with Crippen molar-refractivity contribution in [3.63, 3.8) is 0 Å². The Morgan fingerprint density at radius 1 is 1.73 bits per heavy atom. The summed E-state index contributed by atoms with van der Waals surface area (Å²) in [5.74, 6) is -0.215.